The first kappa shape index (κ1) is 20.5. The summed E-state index contributed by atoms with van der Waals surface area (Å²) in [5.74, 6) is -0.269. The topological polar surface area (TPSA) is 57.7 Å². The molecule has 27 heavy (non-hydrogen) atoms. The number of rotatable bonds is 9. The van der Waals surface area contributed by atoms with E-state index in [4.69, 9.17) is 0 Å². The highest BCUT2D eigenvalue weighted by molar-refractivity contribution is 7.92. The van der Waals surface area contributed by atoms with Crippen molar-refractivity contribution in [2.75, 3.05) is 23.9 Å². The van der Waals surface area contributed by atoms with Crippen LogP contribution >= 0.6 is 0 Å². The average Bonchev–Trinajstić information content (AvgIpc) is 2.68. The fourth-order valence-electron chi connectivity index (χ4n) is 2.74. The molecule has 0 aromatic heterocycles. The van der Waals surface area contributed by atoms with Gasteiger partial charge in [0.2, 0.25) is 0 Å². The van der Waals surface area contributed by atoms with Gasteiger partial charge in [0.25, 0.3) is 15.9 Å². The van der Waals surface area contributed by atoms with Gasteiger partial charge >= 0.3 is 0 Å². The quantitative estimate of drug-likeness (QED) is 0.619. The molecule has 0 N–H and O–H groups in total. The number of hydrogen-bond acceptors (Lipinski definition) is 3. The third-order valence-corrected chi connectivity index (χ3v) is 5.89. The molecular weight excluding hydrogens is 360 g/mol. The van der Waals surface area contributed by atoms with Crippen molar-refractivity contribution >= 4 is 21.6 Å². The number of para-hydroxylation sites is 1. The molecule has 0 atom stereocenters. The van der Waals surface area contributed by atoms with Crippen LogP contribution in [0.15, 0.2) is 84.8 Å². The number of carbonyl (C=O) groups excluding carboxylic acids is 1. The highest BCUT2D eigenvalue weighted by Gasteiger charge is 2.25. The van der Waals surface area contributed by atoms with E-state index in [1.807, 2.05) is 6.07 Å². The van der Waals surface area contributed by atoms with E-state index in [1.165, 1.54) is 16.4 Å². The molecule has 0 bridgehead atoms. The molecule has 2 aromatic rings. The Morgan fingerprint density at radius 3 is 2.19 bits per heavy atom. The van der Waals surface area contributed by atoms with Gasteiger partial charge in [-0.05, 0) is 37.3 Å². The summed E-state index contributed by atoms with van der Waals surface area (Å²) in [6.07, 6.45) is 3.24. The number of benzene rings is 2. The summed E-state index contributed by atoms with van der Waals surface area (Å²) < 4.78 is 27.6. The van der Waals surface area contributed by atoms with Gasteiger partial charge in [0.05, 0.1) is 10.6 Å². The zero-order chi connectivity index (χ0) is 19.9. The number of sulfonamides is 1. The second-order valence-corrected chi connectivity index (χ2v) is 7.68. The zero-order valence-corrected chi connectivity index (χ0v) is 16.2. The Morgan fingerprint density at radius 1 is 1.00 bits per heavy atom. The maximum Gasteiger partial charge on any atom is 0.264 e. The predicted molar refractivity (Wildman–Crippen MR) is 109 cm³/mol. The van der Waals surface area contributed by atoms with Crippen molar-refractivity contribution in [3.05, 3.63) is 85.5 Å². The number of anilines is 1. The van der Waals surface area contributed by atoms with Gasteiger partial charge in [-0.25, -0.2) is 8.42 Å². The standard InChI is InChI=1S/C21H24N2O3S/c1-4-15-22(16-5-2)21(24)18-11-10-14-20(17-18)27(25,26)23(6-3)19-12-8-7-9-13-19/h4-5,7-14,17H,1-2,6,15-16H2,3H3. The number of amides is 1. The molecule has 0 aliphatic carbocycles. The van der Waals surface area contributed by atoms with E-state index in [2.05, 4.69) is 13.2 Å². The van der Waals surface area contributed by atoms with Gasteiger partial charge in [0.1, 0.15) is 0 Å². The highest BCUT2D eigenvalue weighted by Crippen LogP contribution is 2.24. The number of nitrogens with zero attached hydrogens (tertiary/aromatic N) is 2. The maximum absolute atomic E-state index is 13.1. The molecule has 0 saturated carbocycles. The Kier molecular flexibility index (Phi) is 6.96. The van der Waals surface area contributed by atoms with Gasteiger partial charge < -0.3 is 4.90 Å². The first-order valence-electron chi connectivity index (χ1n) is 8.64. The van der Waals surface area contributed by atoms with Crippen molar-refractivity contribution in [3.63, 3.8) is 0 Å². The molecule has 142 valence electrons. The average molecular weight is 385 g/mol. The molecule has 0 aliphatic rings. The van der Waals surface area contributed by atoms with E-state index in [1.54, 1.807) is 60.4 Å². The van der Waals surface area contributed by atoms with Crippen molar-refractivity contribution in [1.82, 2.24) is 4.90 Å². The Bertz CT molecular complexity index is 898. The van der Waals surface area contributed by atoms with E-state index < -0.39 is 10.0 Å². The molecule has 2 rings (SSSR count). The van der Waals surface area contributed by atoms with Gasteiger partial charge in [0, 0.05) is 25.2 Å². The lowest BCUT2D eigenvalue weighted by atomic mass is 10.2. The fraction of sp³-hybridized carbons (Fsp3) is 0.190. The molecule has 5 nitrogen and oxygen atoms in total. The van der Waals surface area contributed by atoms with Crippen molar-refractivity contribution < 1.29 is 13.2 Å². The summed E-state index contributed by atoms with van der Waals surface area (Å²) in [4.78, 5) is 14.4. The maximum atomic E-state index is 13.1. The van der Waals surface area contributed by atoms with Crippen molar-refractivity contribution in [2.24, 2.45) is 0 Å². The predicted octanol–water partition coefficient (Wildman–Crippen LogP) is 3.72. The summed E-state index contributed by atoms with van der Waals surface area (Å²) in [6, 6.07) is 15.0. The van der Waals surface area contributed by atoms with Crippen LogP contribution in [0, 0.1) is 0 Å². The summed E-state index contributed by atoms with van der Waals surface area (Å²) in [6.45, 7) is 10.1. The Labute approximate surface area is 161 Å². The monoisotopic (exact) mass is 384 g/mol. The van der Waals surface area contributed by atoms with Crippen LogP contribution in [0.25, 0.3) is 0 Å². The zero-order valence-electron chi connectivity index (χ0n) is 15.4. The number of carbonyl (C=O) groups is 1. The van der Waals surface area contributed by atoms with Crippen LogP contribution in [0.1, 0.15) is 17.3 Å². The van der Waals surface area contributed by atoms with Crippen molar-refractivity contribution in [1.29, 1.82) is 0 Å². The van der Waals surface area contributed by atoms with Crippen LogP contribution in [0.2, 0.25) is 0 Å². The van der Waals surface area contributed by atoms with E-state index in [0.717, 1.165) is 0 Å². The fourth-order valence-corrected chi connectivity index (χ4v) is 4.26. The Morgan fingerprint density at radius 2 is 1.63 bits per heavy atom. The third-order valence-electron chi connectivity index (χ3n) is 3.99. The van der Waals surface area contributed by atoms with Crippen LogP contribution in [0.3, 0.4) is 0 Å². The highest BCUT2D eigenvalue weighted by atomic mass is 32.2. The van der Waals surface area contributed by atoms with Crippen LogP contribution in [-0.2, 0) is 10.0 Å². The molecule has 0 saturated heterocycles. The van der Waals surface area contributed by atoms with E-state index >= 15 is 0 Å². The third kappa shape index (κ3) is 4.65. The minimum atomic E-state index is -3.79. The van der Waals surface area contributed by atoms with Gasteiger partial charge in [-0.2, -0.15) is 0 Å². The largest absolute Gasteiger partial charge is 0.331 e. The summed E-state index contributed by atoms with van der Waals surface area (Å²) in [5.41, 5.74) is 0.889. The van der Waals surface area contributed by atoms with Crippen LogP contribution in [0.5, 0.6) is 0 Å². The summed E-state index contributed by atoms with van der Waals surface area (Å²) in [7, 11) is -3.79. The molecule has 0 fully saturated rings. The minimum Gasteiger partial charge on any atom is -0.331 e. The van der Waals surface area contributed by atoms with Gasteiger partial charge in [0.15, 0.2) is 0 Å². The first-order chi connectivity index (χ1) is 13.0. The van der Waals surface area contributed by atoms with Crippen LogP contribution in [0.4, 0.5) is 5.69 Å². The Hall–Kier alpha value is -2.86. The van der Waals surface area contributed by atoms with Crippen LogP contribution < -0.4 is 4.31 Å². The lowest BCUT2D eigenvalue weighted by Gasteiger charge is -2.24. The molecule has 0 radical (unpaired) electrons. The molecule has 6 heteroatoms. The normalized spacial score (nSPS) is 10.9. The second-order valence-electron chi connectivity index (χ2n) is 5.82. The molecule has 2 aromatic carbocycles. The molecular formula is C21H24N2O3S. The smallest absolute Gasteiger partial charge is 0.264 e. The van der Waals surface area contributed by atoms with Crippen molar-refractivity contribution in [3.8, 4) is 0 Å². The van der Waals surface area contributed by atoms with E-state index in [9.17, 15) is 13.2 Å². The first-order valence-corrected chi connectivity index (χ1v) is 10.1. The lowest BCUT2D eigenvalue weighted by molar-refractivity contribution is 0.0790. The molecule has 0 aliphatic heterocycles. The van der Waals surface area contributed by atoms with Gasteiger partial charge in [-0.15, -0.1) is 13.2 Å². The van der Waals surface area contributed by atoms with Crippen LogP contribution in [-0.4, -0.2) is 38.9 Å². The number of hydrogen-bond donors (Lipinski definition) is 0. The van der Waals surface area contributed by atoms with Gasteiger partial charge in [-0.3, -0.25) is 9.10 Å². The molecule has 0 unspecified atom stereocenters. The summed E-state index contributed by atoms with van der Waals surface area (Å²) in [5, 5.41) is 0. The second kappa shape index (κ2) is 9.19. The van der Waals surface area contributed by atoms with Gasteiger partial charge in [-0.1, -0.05) is 36.4 Å². The molecule has 0 heterocycles. The minimum absolute atomic E-state index is 0.0798. The van der Waals surface area contributed by atoms with E-state index in [-0.39, 0.29) is 17.3 Å². The molecule has 0 spiro atoms. The van der Waals surface area contributed by atoms with E-state index in [0.29, 0.717) is 24.3 Å². The Balaban J connectivity index is 2.41. The van der Waals surface area contributed by atoms with Crippen molar-refractivity contribution in [2.45, 2.75) is 11.8 Å². The lowest BCUT2D eigenvalue weighted by Crippen LogP contribution is -2.32. The SMILES string of the molecule is C=CCN(CC=C)C(=O)c1cccc(S(=O)(=O)N(CC)c2ccccc2)c1. The summed E-state index contributed by atoms with van der Waals surface area (Å²) >= 11 is 0. The molecule has 1 amide bonds.